The maximum atomic E-state index is 11.9. The van der Waals surface area contributed by atoms with E-state index in [0.29, 0.717) is 25.7 Å². The highest BCUT2D eigenvalue weighted by atomic mass is 127. The summed E-state index contributed by atoms with van der Waals surface area (Å²) in [6.07, 6.45) is 4.20. The summed E-state index contributed by atoms with van der Waals surface area (Å²) < 4.78 is 11.1. The molecule has 0 aromatic heterocycles. The van der Waals surface area contributed by atoms with Gasteiger partial charge in [-0.15, -0.1) is 24.0 Å². The van der Waals surface area contributed by atoms with Crippen LogP contribution in [0.3, 0.4) is 0 Å². The summed E-state index contributed by atoms with van der Waals surface area (Å²) in [7, 11) is 1.69. The van der Waals surface area contributed by atoms with Gasteiger partial charge < -0.3 is 25.4 Å². The first-order chi connectivity index (χ1) is 13.3. The molecule has 0 spiro atoms. The van der Waals surface area contributed by atoms with Crippen LogP contribution < -0.4 is 16.0 Å². The predicted octanol–water partition coefficient (Wildman–Crippen LogP) is 1.71. The molecule has 28 heavy (non-hydrogen) atoms. The zero-order valence-electron chi connectivity index (χ0n) is 16.6. The highest BCUT2D eigenvalue weighted by Crippen LogP contribution is 2.11. The molecule has 1 fully saturated rings. The highest BCUT2D eigenvalue weighted by Gasteiger charge is 2.14. The number of halogens is 1. The second-order valence-electron chi connectivity index (χ2n) is 6.50. The van der Waals surface area contributed by atoms with Crippen molar-refractivity contribution in [3.05, 3.63) is 35.9 Å². The summed E-state index contributed by atoms with van der Waals surface area (Å²) in [6, 6.07) is 10.1. The fraction of sp³-hybridized carbons (Fsp3) is 0.600. The molecule has 3 N–H and O–H groups in total. The number of carbonyl (C=O) groups is 1. The summed E-state index contributed by atoms with van der Waals surface area (Å²) in [5.41, 5.74) is 1.21. The van der Waals surface area contributed by atoms with Crippen LogP contribution in [0.25, 0.3) is 0 Å². The van der Waals surface area contributed by atoms with Crippen molar-refractivity contribution in [2.75, 3.05) is 46.5 Å². The van der Waals surface area contributed by atoms with Gasteiger partial charge >= 0.3 is 0 Å². The maximum Gasteiger partial charge on any atom is 0.239 e. The molecule has 0 aliphatic carbocycles. The van der Waals surface area contributed by atoms with E-state index < -0.39 is 0 Å². The molecule has 1 aromatic rings. The Balaban J connectivity index is 0.00000392. The van der Waals surface area contributed by atoms with Crippen molar-refractivity contribution in [2.45, 2.75) is 31.8 Å². The second kappa shape index (κ2) is 15.5. The second-order valence-corrected chi connectivity index (χ2v) is 6.50. The van der Waals surface area contributed by atoms with Crippen molar-refractivity contribution in [3.63, 3.8) is 0 Å². The van der Waals surface area contributed by atoms with Gasteiger partial charge in [0.05, 0.1) is 19.3 Å². The van der Waals surface area contributed by atoms with E-state index in [9.17, 15) is 4.79 Å². The summed E-state index contributed by atoms with van der Waals surface area (Å²) in [5.74, 6) is 0.570. The molecule has 0 radical (unpaired) electrons. The van der Waals surface area contributed by atoms with Crippen molar-refractivity contribution >= 4 is 35.8 Å². The number of benzene rings is 1. The van der Waals surface area contributed by atoms with E-state index in [4.69, 9.17) is 9.47 Å². The lowest BCUT2D eigenvalue weighted by Gasteiger charge is -2.13. The van der Waals surface area contributed by atoms with Crippen molar-refractivity contribution in [3.8, 4) is 0 Å². The zero-order chi connectivity index (χ0) is 19.2. The van der Waals surface area contributed by atoms with E-state index >= 15 is 0 Å². The van der Waals surface area contributed by atoms with E-state index in [0.717, 1.165) is 38.8 Å². The van der Waals surface area contributed by atoms with E-state index in [1.807, 2.05) is 18.2 Å². The van der Waals surface area contributed by atoms with Crippen molar-refractivity contribution in [1.29, 1.82) is 0 Å². The minimum absolute atomic E-state index is 0. The van der Waals surface area contributed by atoms with Crippen LogP contribution in [0.2, 0.25) is 0 Å². The number of amides is 1. The number of carbonyl (C=O) groups excluding carboxylic acids is 1. The van der Waals surface area contributed by atoms with Crippen LogP contribution in [0.15, 0.2) is 35.3 Å². The third kappa shape index (κ3) is 10.8. The normalized spacial score (nSPS) is 16.3. The third-order valence-electron chi connectivity index (χ3n) is 4.30. The number of nitrogens with zero attached hydrogens (tertiary/aromatic N) is 1. The van der Waals surface area contributed by atoms with Gasteiger partial charge in [0.1, 0.15) is 0 Å². The Bertz CT molecular complexity index is 566. The van der Waals surface area contributed by atoms with Crippen LogP contribution >= 0.6 is 24.0 Å². The summed E-state index contributed by atoms with van der Waals surface area (Å²) in [4.78, 5) is 16.0. The summed E-state index contributed by atoms with van der Waals surface area (Å²) in [6.45, 7) is 3.78. The SMILES string of the molecule is CN=C(NCCCOCC1CCCO1)NCC(=O)NCCc1ccccc1.I. The molecule has 1 aliphatic heterocycles. The molecule has 8 heteroatoms. The molecule has 1 amide bonds. The molecular weight excluding hydrogens is 471 g/mol. The first-order valence-corrected chi connectivity index (χ1v) is 9.72. The lowest BCUT2D eigenvalue weighted by atomic mass is 10.1. The van der Waals surface area contributed by atoms with Crippen LogP contribution in [0.4, 0.5) is 0 Å². The van der Waals surface area contributed by atoms with Crippen LogP contribution in [0.5, 0.6) is 0 Å². The number of aliphatic imine (C=N–C) groups is 1. The number of hydrogen-bond acceptors (Lipinski definition) is 4. The van der Waals surface area contributed by atoms with Crippen LogP contribution in [-0.4, -0.2) is 64.5 Å². The zero-order valence-corrected chi connectivity index (χ0v) is 18.9. The fourth-order valence-electron chi connectivity index (χ4n) is 2.81. The van der Waals surface area contributed by atoms with Crippen LogP contribution in [0.1, 0.15) is 24.8 Å². The van der Waals surface area contributed by atoms with Crippen molar-refractivity contribution in [1.82, 2.24) is 16.0 Å². The van der Waals surface area contributed by atoms with Crippen LogP contribution in [-0.2, 0) is 20.7 Å². The Kier molecular flexibility index (Phi) is 13.7. The van der Waals surface area contributed by atoms with Crippen molar-refractivity contribution < 1.29 is 14.3 Å². The van der Waals surface area contributed by atoms with Gasteiger partial charge in [-0.25, -0.2) is 0 Å². The van der Waals surface area contributed by atoms with Gasteiger partial charge in [-0.05, 0) is 31.2 Å². The number of ether oxygens (including phenoxy) is 2. The van der Waals surface area contributed by atoms with E-state index in [2.05, 4.69) is 33.1 Å². The fourth-order valence-corrected chi connectivity index (χ4v) is 2.81. The monoisotopic (exact) mass is 504 g/mol. The van der Waals surface area contributed by atoms with E-state index in [1.54, 1.807) is 7.05 Å². The van der Waals surface area contributed by atoms with E-state index in [1.165, 1.54) is 5.56 Å². The van der Waals surface area contributed by atoms with Gasteiger partial charge in [-0.1, -0.05) is 30.3 Å². The van der Waals surface area contributed by atoms with Gasteiger partial charge in [-0.2, -0.15) is 0 Å². The predicted molar refractivity (Wildman–Crippen MR) is 122 cm³/mol. The minimum atomic E-state index is -0.0474. The Morgan fingerprint density at radius 3 is 2.75 bits per heavy atom. The molecule has 0 saturated carbocycles. The largest absolute Gasteiger partial charge is 0.379 e. The topological polar surface area (TPSA) is 84.0 Å². The molecule has 0 bridgehead atoms. The van der Waals surface area contributed by atoms with Gasteiger partial charge in [0, 0.05) is 33.4 Å². The Morgan fingerprint density at radius 1 is 1.21 bits per heavy atom. The smallest absolute Gasteiger partial charge is 0.239 e. The first-order valence-electron chi connectivity index (χ1n) is 9.72. The summed E-state index contributed by atoms with van der Waals surface area (Å²) in [5, 5.41) is 9.11. The number of guanidine groups is 1. The maximum absolute atomic E-state index is 11.9. The number of nitrogens with one attached hydrogen (secondary N) is 3. The number of hydrogen-bond donors (Lipinski definition) is 3. The third-order valence-corrected chi connectivity index (χ3v) is 4.30. The summed E-state index contributed by atoms with van der Waals surface area (Å²) >= 11 is 0. The Hall–Kier alpha value is -1.39. The van der Waals surface area contributed by atoms with Crippen LogP contribution in [0, 0.1) is 0 Å². The van der Waals surface area contributed by atoms with Crippen molar-refractivity contribution in [2.24, 2.45) is 4.99 Å². The van der Waals surface area contributed by atoms with Gasteiger partial charge in [-0.3, -0.25) is 9.79 Å². The quantitative estimate of drug-likeness (QED) is 0.185. The lowest BCUT2D eigenvalue weighted by molar-refractivity contribution is -0.119. The first kappa shape index (κ1) is 24.6. The molecule has 1 aliphatic rings. The molecule has 2 rings (SSSR count). The van der Waals surface area contributed by atoms with Gasteiger partial charge in [0.2, 0.25) is 5.91 Å². The minimum Gasteiger partial charge on any atom is -0.379 e. The van der Waals surface area contributed by atoms with E-state index in [-0.39, 0.29) is 42.5 Å². The molecule has 1 heterocycles. The molecule has 1 saturated heterocycles. The Labute approximate surface area is 185 Å². The molecule has 1 atom stereocenters. The number of rotatable bonds is 11. The molecular formula is C20H33IN4O3. The average Bonchev–Trinajstić information content (AvgIpc) is 3.21. The van der Waals surface area contributed by atoms with Gasteiger partial charge in [0.15, 0.2) is 5.96 Å². The Morgan fingerprint density at radius 2 is 2.04 bits per heavy atom. The standard InChI is InChI=1S/C20H32N4O3.HI/c1-21-20(23-11-6-13-26-16-18-9-5-14-27-18)24-15-19(25)22-12-10-17-7-3-2-4-8-17;/h2-4,7-8,18H,5-6,9-16H2,1H3,(H,22,25)(H2,21,23,24);1H. The molecule has 1 unspecified atom stereocenters. The molecule has 7 nitrogen and oxygen atoms in total. The molecule has 158 valence electrons. The molecule has 1 aromatic carbocycles. The highest BCUT2D eigenvalue weighted by molar-refractivity contribution is 14.0. The lowest BCUT2D eigenvalue weighted by Crippen LogP contribution is -2.43. The average molecular weight is 504 g/mol. The van der Waals surface area contributed by atoms with Gasteiger partial charge in [0.25, 0.3) is 0 Å².